The average molecular weight is 81.1 g/mol. The van der Waals surface area contributed by atoms with Gasteiger partial charge in [-0.1, -0.05) is 0 Å². The molecular weight excluding hydrogens is 78.1 g/mol. The molecule has 0 atom stereocenters. The third kappa shape index (κ3) is 0.445. The molecule has 0 radical (unpaired) electrons. The van der Waals surface area contributed by atoms with E-state index in [-0.39, 0.29) is 0 Å². The van der Waals surface area contributed by atoms with Crippen LogP contribution < -0.4 is 5.43 Å². The fraction of sp³-hybridized carbons (Fsp3) is 0. The van der Waals surface area contributed by atoms with Crippen LogP contribution >= 0.6 is 0 Å². The van der Waals surface area contributed by atoms with Gasteiger partial charge < -0.3 is 0 Å². The third-order valence-electron chi connectivity index (χ3n) is 0.396. The Bertz CT molecular complexity index is 118. The number of rotatable bonds is 0. The molecule has 0 fully saturated rings. The predicted octanol–water partition coefficient (Wildman–Crippen LogP) is 0.150. The lowest BCUT2D eigenvalue weighted by atomic mass is 10.9. The molecule has 1 rings (SSSR count). The Morgan fingerprint density at radius 1 is 1.67 bits per heavy atom. The molecule has 0 unspecified atom stereocenters. The van der Waals surface area contributed by atoms with Crippen LogP contribution in [0, 0.1) is 0 Å². The van der Waals surface area contributed by atoms with E-state index in [1.165, 1.54) is 0 Å². The highest BCUT2D eigenvalue weighted by Gasteiger charge is 1.66. The van der Waals surface area contributed by atoms with Gasteiger partial charge in [-0.3, -0.25) is 5.43 Å². The van der Waals surface area contributed by atoms with Gasteiger partial charge in [-0.25, -0.2) is 0 Å². The molecule has 3 nitrogen and oxygen atoms in total. The van der Waals surface area contributed by atoms with Crippen molar-refractivity contribution >= 4 is 6.01 Å². The molecule has 3 heteroatoms. The second-order valence-corrected chi connectivity index (χ2v) is 0.786. The van der Waals surface area contributed by atoms with Crippen LogP contribution in [0.1, 0.15) is 0 Å². The topological polar surface area (TPSA) is 36.8 Å². The molecule has 1 aliphatic rings. The molecule has 0 amide bonds. The highest BCUT2D eigenvalue weighted by Crippen LogP contribution is 1.71. The number of hydrogen-bond donors (Lipinski definition) is 1. The van der Waals surface area contributed by atoms with Crippen LogP contribution in [-0.4, -0.2) is 6.01 Å². The van der Waals surface area contributed by atoms with Gasteiger partial charge in [-0.05, 0) is 0 Å². The maximum atomic E-state index is 3.52. The van der Waals surface area contributed by atoms with Crippen LogP contribution in [0.3, 0.4) is 0 Å². The predicted molar refractivity (Wildman–Crippen MR) is 22.1 cm³/mol. The second kappa shape index (κ2) is 1.38. The summed E-state index contributed by atoms with van der Waals surface area (Å²) in [5.74, 6) is 0. The van der Waals surface area contributed by atoms with E-state index in [4.69, 9.17) is 0 Å². The van der Waals surface area contributed by atoms with Crippen LogP contribution in [0.5, 0.6) is 0 Å². The van der Waals surface area contributed by atoms with Crippen molar-refractivity contribution in [3.05, 3.63) is 12.4 Å². The van der Waals surface area contributed by atoms with Crippen molar-refractivity contribution in [2.75, 3.05) is 0 Å². The fourth-order valence-electron chi connectivity index (χ4n) is 0.199. The number of nitrogens with zero attached hydrogens (tertiary/aromatic N) is 2. The molecule has 0 bridgehead atoms. The molecular formula is C3H3N3. The standard InChI is InChI=1S/C3H3N3/c1-2-5-6-3-4-1/h1-2,5H. The molecule has 6 heavy (non-hydrogen) atoms. The Labute approximate surface area is 35.1 Å². The van der Waals surface area contributed by atoms with Crippen LogP contribution in [0.4, 0.5) is 0 Å². The van der Waals surface area contributed by atoms with E-state index in [0.29, 0.717) is 0 Å². The highest BCUT2D eigenvalue weighted by atomic mass is 15.3. The van der Waals surface area contributed by atoms with Crippen molar-refractivity contribution in [1.29, 1.82) is 0 Å². The normalized spacial score (nSPS) is 14.7. The largest absolute Gasteiger partial charge is 0.275 e. The maximum Gasteiger partial charge on any atom is 0.120 e. The van der Waals surface area contributed by atoms with Crippen LogP contribution in [0.25, 0.3) is 0 Å². The molecule has 1 N–H and O–H groups in total. The number of aliphatic imine (C=N–C) groups is 1. The Morgan fingerprint density at radius 2 is 2.67 bits per heavy atom. The van der Waals surface area contributed by atoms with Gasteiger partial charge in [0, 0.05) is 6.20 Å². The summed E-state index contributed by atoms with van der Waals surface area (Å²) in [5, 5.41) is 3.42. The lowest BCUT2D eigenvalue weighted by Crippen LogP contribution is -1.92. The quantitative estimate of drug-likeness (QED) is 0.442. The van der Waals surface area contributed by atoms with E-state index in [2.05, 4.69) is 21.5 Å². The van der Waals surface area contributed by atoms with Gasteiger partial charge in [0.15, 0.2) is 0 Å². The van der Waals surface area contributed by atoms with Crippen molar-refractivity contribution < 1.29 is 0 Å². The molecule has 0 aromatic heterocycles. The van der Waals surface area contributed by atoms with Crippen molar-refractivity contribution in [3.8, 4) is 0 Å². The number of hydrogen-bond acceptors (Lipinski definition) is 3. The Morgan fingerprint density at radius 3 is 2.83 bits per heavy atom. The molecule has 1 heterocycles. The third-order valence-corrected chi connectivity index (χ3v) is 0.396. The molecule has 0 saturated heterocycles. The first-order valence-electron chi connectivity index (χ1n) is 1.55. The van der Waals surface area contributed by atoms with Crippen molar-refractivity contribution in [2.45, 2.75) is 0 Å². The first-order valence-corrected chi connectivity index (χ1v) is 1.55. The summed E-state index contributed by atoms with van der Waals surface area (Å²) in [6.07, 6.45) is 3.20. The summed E-state index contributed by atoms with van der Waals surface area (Å²) in [6, 6.07) is 2.34. The first-order chi connectivity index (χ1) is 3.00. The number of nitrogens with one attached hydrogen (secondary N) is 1. The molecule has 0 aliphatic carbocycles. The summed E-state index contributed by atoms with van der Waals surface area (Å²) in [5.41, 5.74) is 2.52. The molecule has 0 saturated carbocycles. The van der Waals surface area contributed by atoms with Gasteiger partial charge in [-0.15, -0.1) is 5.10 Å². The van der Waals surface area contributed by atoms with Crippen molar-refractivity contribution in [3.63, 3.8) is 0 Å². The molecule has 0 aromatic rings. The van der Waals surface area contributed by atoms with Crippen LogP contribution in [0.2, 0.25) is 0 Å². The second-order valence-electron chi connectivity index (χ2n) is 0.786. The first kappa shape index (κ1) is 3.12. The van der Waals surface area contributed by atoms with E-state index in [0.717, 1.165) is 0 Å². The summed E-state index contributed by atoms with van der Waals surface area (Å²) in [7, 11) is 0. The van der Waals surface area contributed by atoms with Gasteiger partial charge in [-0.2, -0.15) is 4.99 Å². The Hall–Kier alpha value is -1.08. The van der Waals surface area contributed by atoms with Gasteiger partial charge in [0.2, 0.25) is 0 Å². The van der Waals surface area contributed by atoms with Crippen LogP contribution in [0.15, 0.2) is 22.5 Å². The maximum absolute atomic E-state index is 3.52. The van der Waals surface area contributed by atoms with E-state index in [1.54, 1.807) is 12.4 Å². The Balaban J connectivity index is 2.78. The van der Waals surface area contributed by atoms with Crippen molar-refractivity contribution in [1.82, 2.24) is 5.43 Å². The summed E-state index contributed by atoms with van der Waals surface area (Å²) < 4.78 is 0. The molecule has 1 aliphatic heterocycles. The monoisotopic (exact) mass is 81.0 g/mol. The average Bonchev–Trinajstić information content (AvgIpc) is 1.72. The van der Waals surface area contributed by atoms with Gasteiger partial charge in [0.1, 0.15) is 6.01 Å². The van der Waals surface area contributed by atoms with Gasteiger partial charge in [0.25, 0.3) is 0 Å². The minimum atomic E-state index is 1.58. The van der Waals surface area contributed by atoms with E-state index >= 15 is 0 Å². The SMILES string of the molecule is C1=NC=CNN=1. The fourth-order valence-corrected chi connectivity index (χ4v) is 0.199. The number of hydrazone groups is 1. The molecule has 30 valence electrons. The van der Waals surface area contributed by atoms with Crippen LogP contribution in [-0.2, 0) is 0 Å². The minimum Gasteiger partial charge on any atom is -0.275 e. The highest BCUT2D eigenvalue weighted by molar-refractivity contribution is 5.42. The smallest absolute Gasteiger partial charge is 0.120 e. The zero-order valence-corrected chi connectivity index (χ0v) is 3.05. The minimum absolute atomic E-state index is 1.58. The zero-order valence-electron chi connectivity index (χ0n) is 3.05. The molecule has 0 spiro atoms. The molecule has 0 aromatic carbocycles. The zero-order chi connectivity index (χ0) is 4.24. The van der Waals surface area contributed by atoms with Gasteiger partial charge >= 0.3 is 0 Å². The summed E-state index contributed by atoms with van der Waals surface area (Å²) in [6.45, 7) is 0. The lowest BCUT2D eigenvalue weighted by molar-refractivity contribution is 0.959. The Kier molecular flexibility index (Phi) is 0.719. The van der Waals surface area contributed by atoms with Gasteiger partial charge in [0.05, 0.1) is 6.20 Å². The van der Waals surface area contributed by atoms with Crippen molar-refractivity contribution in [2.24, 2.45) is 10.1 Å². The van der Waals surface area contributed by atoms with E-state index in [1.807, 2.05) is 0 Å². The van der Waals surface area contributed by atoms with E-state index < -0.39 is 0 Å². The lowest BCUT2D eigenvalue weighted by Gasteiger charge is -1.82. The summed E-state index contributed by atoms with van der Waals surface area (Å²) >= 11 is 0. The van der Waals surface area contributed by atoms with E-state index in [9.17, 15) is 0 Å². The summed E-state index contributed by atoms with van der Waals surface area (Å²) in [4.78, 5) is 3.52.